The predicted molar refractivity (Wildman–Crippen MR) is 82.3 cm³/mol. The second kappa shape index (κ2) is 7.55. The molecule has 1 amide bonds. The summed E-state index contributed by atoms with van der Waals surface area (Å²) in [5, 5.41) is 0. The summed E-state index contributed by atoms with van der Waals surface area (Å²) in [6.07, 6.45) is 4.52. The average molecular weight is 292 g/mol. The molecule has 1 saturated heterocycles. The van der Waals surface area contributed by atoms with Crippen molar-refractivity contribution >= 4 is 5.91 Å². The zero-order chi connectivity index (χ0) is 15.2. The Kier molecular flexibility index (Phi) is 5.74. The Bertz CT molecular complexity index is 470. The summed E-state index contributed by atoms with van der Waals surface area (Å²) in [5.41, 5.74) is 6.94. The van der Waals surface area contributed by atoms with E-state index in [0.29, 0.717) is 5.92 Å². The van der Waals surface area contributed by atoms with Gasteiger partial charge in [-0.15, -0.1) is 0 Å². The summed E-state index contributed by atoms with van der Waals surface area (Å²) in [6, 6.07) is 6.45. The van der Waals surface area contributed by atoms with Gasteiger partial charge >= 0.3 is 0 Å². The molecule has 0 bridgehead atoms. The number of carbonyl (C=O) groups excluding carboxylic acids is 1. The zero-order valence-electron chi connectivity index (χ0n) is 12.7. The number of carbonyl (C=O) groups is 1. The summed E-state index contributed by atoms with van der Waals surface area (Å²) < 4.78 is 13.2. The highest BCUT2D eigenvalue weighted by atomic mass is 19.1. The number of nitrogens with two attached hydrogens (primary N) is 1. The van der Waals surface area contributed by atoms with Crippen molar-refractivity contribution in [2.75, 3.05) is 13.1 Å². The summed E-state index contributed by atoms with van der Waals surface area (Å²) in [6.45, 7) is 3.59. The van der Waals surface area contributed by atoms with Gasteiger partial charge in [-0.3, -0.25) is 4.79 Å². The van der Waals surface area contributed by atoms with Crippen molar-refractivity contribution in [1.82, 2.24) is 4.90 Å². The average Bonchev–Trinajstić information content (AvgIpc) is 2.47. The molecule has 1 atom stereocenters. The molecule has 1 aliphatic heterocycles. The molecule has 116 valence electrons. The lowest BCUT2D eigenvalue weighted by atomic mass is 9.90. The number of hydrogen-bond acceptors (Lipinski definition) is 2. The van der Waals surface area contributed by atoms with Gasteiger partial charge in [0.2, 0.25) is 5.91 Å². The molecule has 1 fully saturated rings. The molecule has 1 unspecified atom stereocenters. The third-order valence-corrected chi connectivity index (χ3v) is 4.26. The van der Waals surface area contributed by atoms with Gasteiger partial charge in [-0.2, -0.15) is 0 Å². The van der Waals surface area contributed by atoms with Crippen LogP contribution in [-0.2, 0) is 11.2 Å². The van der Waals surface area contributed by atoms with Crippen LogP contribution in [-0.4, -0.2) is 29.9 Å². The van der Waals surface area contributed by atoms with Crippen molar-refractivity contribution in [1.29, 1.82) is 0 Å². The van der Waals surface area contributed by atoms with Gasteiger partial charge in [0.15, 0.2) is 0 Å². The topological polar surface area (TPSA) is 46.3 Å². The minimum atomic E-state index is -0.352. The van der Waals surface area contributed by atoms with Gasteiger partial charge < -0.3 is 10.6 Å². The van der Waals surface area contributed by atoms with E-state index < -0.39 is 0 Å². The fourth-order valence-electron chi connectivity index (χ4n) is 3.02. The van der Waals surface area contributed by atoms with Crippen molar-refractivity contribution in [2.24, 2.45) is 11.7 Å². The fourth-order valence-corrected chi connectivity index (χ4v) is 3.02. The number of likely N-dealkylation sites (tertiary alicyclic amines) is 1. The van der Waals surface area contributed by atoms with Crippen LogP contribution >= 0.6 is 0 Å². The van der Waals surface area contributed by atoms with Crippen LogP contribution < -0.4 is 5.73 Å². The summed E-state index contributed by atoms with van der Waals surface area (Å²) in [5.74, 6) is 0.435. The lowest BCUT2D eigenvalue weighted by molar-refractivity contribution is -0.134. The quantitative estimate of drug-likeness (QED) is 0.907. The van der Waals surface area contributed by atoms with Gasteiger partial charge in [-0.05, 0) is 49.3 Å². The first kappa shape index (κ1) is 16.0. The van der Waals surface area contributed by atoms with E-state index in [2.05, 4.69) is 0 Å². The van der Waals surface area contributed by atoms with Crippen molar-refractivity contribution in [2.45, 2.75) is 45.1 Å². The SMILES string of the molecule is CCCC(N)C(=O)N1CCC(Cc2cccc(F)c2)CC1. The summed E-state index contributed by atoms with van der Waals surface area (Å²) in [4.78, 5) is 14.0. The number of piperidine rings is 1. The third kappa shape index (κ3) is 4.53. The van der Waals surface area contributed by atoms with Crippen LogP contribution in [0.25, 0.3) is 0 Å². The molecule has 2 rings (SSSR count). The number of hydrogen-bond donors (Lipinski definition) is 1. The molecule has 0 saturated carbocycles. The molecule has 0 aromatic heterocycles. The highest BCUT2D eigenvalue weighted by Gasteiger charge is 2.25. The number of benzene rings is 1. The molecule has 3 nitrogen and oxygen atoms in total. The summed E-state index contributed by atoms with van der Waals surface area (Å²) in [7, 11) is 0. The van der Waals surface area contributed by atoms with Gasteiger partial charge in [0.1, 0.15) is 5.82 Å². The third-order valence-electron chi connectivity index (χ3n) is 4.26. The molecule has 0 spiro atoms. The van der Waals surface area contributed by atoms with Gasteiger partial charge in [0.25, 0.3) is 0 Å². The molecule has 4 heteroatoms. The Morgan fingerprint density at radius 1 is 1.43 bits per heavy atom. The van der Waals surface area contributed by atoms with Crippen LogP contribution in [0.2, 0.25) is 0 Å². The van der Waals surface area contributed by atoms with Crippen molar-refractivity contribution in [3.05, 3.63) is 35.6 Å². The number of rotatable bonds is 5. The first-order valence-electron chi connectivity index (χ1n) is 7.89. The van der Waals surface area contributed by atoms with E-state index in [4.69, 9.17) is 5.73 Å². The molecule has 21 heavy (non-hydrogen) atoms. The summed E-state index contributed by atoms with van der Waals surface area (Å²) >= 11 is 0. The zero-order valence-corrected chi connectivity index (χ0v) is 12.7. The van der Waals surface area contributed by atoms with E-state index in [0.717, 1.165) is 50.8 Å². The monoisotopic (exact) mass is 292 g/mol. The standard InChI is InChI=1S/C17H25FN2O/c1-2-4-16(19)17(21)20-9-7-13(8-10-20)11-14-5-3-6-15(18)12-14/h3,5-6,12-13,16H,2,4,7-11,19H2,1H3. The van der Waals surface area contributed by atoms with E-state index in [9.17, 15) is 9.18 Å². The van der Waals surface area contributed by atoms with Crippen molar-refractivity contribution in [3.63, 3.8) is 0 Å². The molecule has 0 radical (unpaired) electrons. The Hall–Kier alpha value is -1.42. The Morgan fingerprint density at radius 2 is 2.14 bits per heavy atom. The Balaban J connectivity index is 1.82. The van der Waals surface area contributed by atoms with Crippen LogP contribution in [0.1, 0.15) is 38.2 Å². The first-order chi connectivity index (χ1) is 10.1. The van der Waals surface area contributed by atoms with Crippen LogP contribution in [0.3, 0.4) is 0 Å². The van der Waals surface area contributed by atoms with Gasteiger partial charge in [0, 0.05) is 13.1 Å². The maximum atomic E-state index is 13.2. The number of nitrogens with zero attached hydrogens (tertiary/aromatic N) is 1. The number of amides is 1. The van der Waals surface area contributed by atoms with E-state index in [-0.39, 0.29) is 17.8 Å². The first-order valence-corrected chi connectivity index (χ1v) is 7.89. The van der Waals surface area contributed by atoms with Gasteiger partial charge in [-0.25, -0.2) is 4.39 Å². The Labute approximate surface area is 126 Å². The van der Waals surface area contributed by atoms with E-state index in [1.54, 1.807) is 12.1 Å². The molecule has 1 aliphatic rings. The Morgan fingerprint density at radius 3 is 2.76 bits per heavy atom. The van der Waals surface area contributed by atoms with Gasteiger partial charge in [0.05, 0.1) is 6.04 Å². The second-order valence-corrected chi connectivity index (χ2v) is 6.00. The molecular weight excluding hydrogens is 267 g/mol. The molecule has 2 N–H and O–H groups in total. The minimum absolute atomic E-state index is 0.0843. The molecule has 1 heterocycles. The largest absolute Gasteiger partial charge is 0.341 e. The van der Waals surface area contributed by atoms with Crippen LogP contribution in [0.4, 0.5) is 4.39 Å². The smallest absolute Gasteiger partial charge is 0.239 e. The minimum Gasteiger partial charge on any atom is -0.341 e. The van der Waals surface area contributed by atoms with E-state index >= 15 is 0 Å². The highest BCUT2D eigenvalue weighted by molar-refractivity contribution is 5.81. The molecule has 1 aromatic carbocycles. The maximum absolute atomic E-state index is 13.2. The van der Waals surface area contributed by atoms with Crippen LogP contribution in [0.5, 0.6) is 0 Å². The molecular formula is C17H25FN2O. The van der Waals surface area contributed by atoms with E-state index in [1.807, 2.05) is 17.9 Å². The molecule has 0 aliphatic carbocycles. The van der Waals surface area contributed by atoms with Crippen LogP contribution in [0.15, 0.2) is 24.3 Å². The van der Waals surface area contributed by atoms with Gasteiger partial charge in [-0.1, -0.05) is 25.5 Å². The lowest BCUT2D eigenvalue weighted by Crippen LogP contribution is -2.47. The maximum Gasteiger partial charge on any atom is 0.239 e. The fraction of sp³-hybridized carbons (Fsp3) is 0.588. The second-order valence-electron chi connectivity index (χ2n) is 6.00. The highest BCUT2D eigenvalue weighted by Crippen LogP contribution is 2.22. The lowest BCUT2D eigenvalue weighted by Gasteiger charge is -2.33. The van der Waals surface area contributed by atoms with Crippen molar-refractivity contribution < 1.29 is 9.18 Å². The molecule has 1 aromatic rings. The van der Waals surface area contributed by atoms with E-state index in [1.165, 1.54) is 6.07 Å². The normalized spacial score (nSPS) is 17.8. The van der Waals surface area contributed by atoms with Crippen LogP contribution in [0, 0.1) is 11.7 Å². The van der Waals surface area contributed by atoms with Crippen molar-refractivity contribution in [3.8, 4) is 0 Å². The predicted octanol–water partition coefficient (Wildman–Crippen LogP) is 2.73. The number of halogens is 1.